The summed E-state index contributed by atoms with van der Waals surface area (Å²) < 4.78 is 0. The van der Waals surface area contributed by atoms with Gasteiger partial charge in [0.15, 0.2) is 0 Å². The Labute approximate surface area is 157 Å². The molecule has 0 saturated carbocycles. The Morgan fingerprint density at radius 1 is 0.417 bits per heavy atom. The van der Waals surface area contributed by atoms with Gasteiger partial charge < -0.3 is 0 Å². The van der Waals surface area contributed by atoms with Gasteiger partial charge in [-0.1, -0.05) is 60.1 Å². The summed E-state index contributed by atoms with van der Waals surface area (Å²) in [6.45, 7) is 22.4. The van der Waals surface area contributed by atoms with E-state index in [0.717, 1.165) is 0 Å². The predicted molar refractivity (Wildman–Crippen MR) is 122 cm³/mol. The van der Waals surface area contributed by atoms with Gasteiger partial charge in [0.2, 0.25) is 0 Å². The van der Waals surface area contributed by atoms with E-state index >= 15 is 0 Å². The average Bonchev–Trinajstić information content (AvgIpc) is 2.46. The topological polar surface area (TPSA) is 0 Å². The highest BCUT2D eigenvalue weighted by Gasteiger charge is 2.22. The Morgan fingerprint density at radius 2 is 0.625 bits per heavy atom. The molecule has 0 fully saturated rings. The molecule has 0 amide bonds. The summed E-state index contributed by atoms with van der Waals surface area (Å²) in [4.78, 5) is 0. The van der Waals surface area contributed by atoms with Crippen LogP contribution in [-0.2, 0) is 37.4 Å². The minimum Gasteiger partial charge on any atom is -0.0719 e. The van der Waals surface area contributed by atoms with E-state index in [-0.39, 0.29) is 0 Å². The minimum absolute atomic E-state index is 0.596. The zero-order valence-corrected chi connectivity index (χ0v) is 21.4. The molecule has 0 aliphatic heterocycles. The Bertz CT molecular complexity index is 433. The lowest BCUT2D eigenvalue weighted by Gasteiger charge is -2.28. The third-order valence-corrected chi connectivity index (χ3v) is 8.76. The molecule has 138 valence electrons. The van der Waals surface area contributed by atoms with Crippen LogP contribution in [0.15, 0.2) is 0 Å². The lowest BCUT2D eigenvalue weighted by atomic mass is 9.85. The Balaban J connectivity index is 3.77. The fourth-order valence-corrected chi connectivity index (χ4v) is 8.26. The van der Waals surface area contributed by atoms with Crippen molar-refractivity contribution in [3.8, 4) is 0 Å². The molecule has 0 radical (unpaired) electrons. The van der Waals surface area contributed by atoms with E-state index in [2.05, 4.69) is 60.1 Å². The molecule has 0 atom stereocenters. The van der Waals surface area contributed by atoms with Gasteiger partial charge >= 0.3 is 0 Å². The standard InChI is InChI=1S/C21H42Si3/c1-10-16-19(13-22(4)5)17(11-2)21(15-24(8)9)18(12-3)20(16)14-23(6)7/h22-24H,10-15H2,1-9H3. The van der Waals surface area contributed by atoms with E-state index in [4.69, 9.17) is 0 Å². The molecule has 0 bridgehead atoms. The molecule has 0 aromatic heterocycles. The highest BCUT2D eigenvalue weighted by atomic mass is 28.3. The first-order valence-electron chi connectivity index (χ1n) is 10.4. The molecule has 3 heteroatoms. The molecule has 0 spiro atoms. The second-order valence-corrected chi connectivity index (χ2v) is 18.3. The van der Waals surface area contributed by atoms with Gasteiger partial charge in [0.25, 0.3) is 0 Å². The molecule has 1 rings (SSSR count). The number of hydrogen-bond donors (Lipinski definition) is 0. The Kier molecular flexibility index (Phi) is 9.24. The van der Waals surface area contributed by atoms with E-state index in [1.807, 2.05) is 16.7 Å². The predicted octanol–water partition coefficient (Wildman–Crippen LogP) is 5.08. The minimum atomic E-state index is -0.596. The maximum Gasteiger partial charge on any atom is 0.0352 e. The SMILES string of the molecule is CCc1c(C[SiH](C)C)c(CC)c(C[SiH](C)C)c(CC)c1C[SiH](C)C. The van der Waals surface area contributed by atoms with E-state index in [9.17, 15) is 0 Å². The molecule has 0 N–H and O–H groups in total. The summed E-state index contributed by atoms with van der Waals surface area (Å²) in [6.07, 6.45) is 3.73. The zero-order valence-electron chi connectivity index (χ0n) is 18.0. The van der Waals surface area contributed by atoms with Crippen molar-refractivity contribution in [2.24, 2.45) is 0 Å². The van der Waals surface area contributed by atoms with Crippen LogP contribution in [0.5, 0.6) is 0 Å². The third-order valence-electron chi connectivity index (χ3n) is 5.08. The fraction of sp³-hybridized carbons (Fsp3) is 0.714. The van der Waals surface area contributed by atoms with Gasteiger partial charge in [0, 0.05) is 26.4 Å². The van der Waals surface area contributed by atoms with Crippen molar-refractivity contribution in [3.05, 3.63) is 33.4 Å². The molecule has 0 aliphatic rings. The molecule has 0 nitrogen and oxygen atoms in total. The van der Waals surface area contributed by atoms with Crippen LogP contribution in [-0.4, -0.2) is 26.4 Å². The summed E-state index contributed by atoms with van der Waals surface area (Å²) in [5.74, 6) is 0. The molecular formula is C21H42Si3. The van der Waals surface area contributed by atoms with Gasteiger partial charge in [0.05, 0.1) is 0 Å². The molecule has 0 unspecified atom stereocenters. The van der Waals surface area contributed by atoms with Crippen LogP contribution in [0.1, 0.15) is 54.2 Å². The molecule has 0 aliphatic carbocycles. The second-order valence-electron chi connectivity index (χ2n) is 8.73. The third kappa shape index (κ3) is 5.43. The van der Waals surface area contributed by atoms with Crippen molar-refractivity contribution in [1.82, 2.24) is 0 Å². The summed E-state index contributed by atoms with van der Waals surface area (Å²) in [5.41, 5.74) is 10.8. The van der Waals surface area contributed by atoms with E-state index in [0.29, 0.717) is 0 Å². The van der Waals surface area contributed by atoms with Gasteiger partial charge in [-0.05, 0) is 70.8 Å². The first kappa shape index (κ1) is 21.9. The summed E-state index contributed by atoms with van der Waals surface area (Å²) in [5, 5.41) is 0. The largest absolute Gasteiger partial charge is 0.0719 e. The lowest BCUT2D eigenvalue weighted by molar-refractivity contribution is 0.935. The maximum absolute atomic E-state index is 2.53. The normalized spacial score (nSPS) is 12.0. The van der Waals surface area contributed by atoms with Crippen molar-refractivity contribution in [2.75, 3.05) is 0 Å². The summed E-state index contributed by atoms with van der Waals surface area (Å²) in [6, 6.07) is 4.24. The molecule has 1 aromatic carbocycles. The van der Waals surface area contributed by atoms with Gasteiger partial charge in [-0.3, -0.25) is 0 Å². The van der Waals surface area contributed by atoms with Gasteiger partial charge in [0.1, 0.15) is 0 Å². The molecule has 0 saturated heterocycles. The van der Waals surface area contributed by atoms with Crippen LogP contribution in [0.2, 0.25) is 39.3 Å². The van der Waals surface area contributed by atoms with Crippen molar-refractivity contribution in [3.63, 3.8) is 0 Å². The Morgan fingerprint density at radius 3 is 0.750 bits per heavy atom. The number of hydrogen-bond acceptors (Lipinski definition) is 0. The second kappa shape index (κ2) is 10.1. The highest BCUT2D eigenvalue weighted by molar-refractivity contribution is 6.56. The van der Waals surface area contributed by atoms with Crippen molar-refractivity contribution < 1.29 is 0 Å². The van der Waals surface area contributed by atoms with Crippen molar-refractivity contribution >= 4 is 26.4 Å². The van der Waals surface area contributed by atoms with Gasteiger partial charge in [-0.25, -0.2) is 0 Å². The van der Waals surface area contributed by atoms with Crippen LogP contribution < -0.4 is 0 Å². The molecule has 0 heterocycles. The van der Waals surface area contributed by atoms with Crippen molar-refractivity contribution in [1.29, 1.82) is 0 Å². The number of benzene rings is 1. The molecule has 24 heavy (non-hydrogen) atoms. The molecular weight excluding hydrogens is 336 g/mol. The van der Waals surface area contributed by atoms with E-state index in [1.165, 1.54) is 37.4 Å². The first-order valence-corrected chi connectivity index (χ1v) is 19.8. The van der Waals surface area contributed by atoms with Crippen molar-refractivity contribution in [2.45, 2.75) is 97.4 Å². The van der Waals surface area contributed by atoms with Crippen LogP contribution >= 0.6 is 0 Å². The quantitative estimate of drug-likeness (QED) is 0.526. The first-order chi connectivity index (χ1) is 11.3. The molecule has 1 aromatic rings. The zero-order chi connectivity index (χ0) is 18.4. The van der Waals surface area contributed by atoms with Crippen LogP contribution in [0, 0.1) is 0 Å². The van der Waals surface area contributed by atoms with Gasteiger partial charge in [-0.2, -0.15) is 0 Å². The lowest BCUT2D eigenvalue weighted by Crippen LogP contribution is -2.21. The monoisotopic (exact) mass is 378 g/mol. The number of rotatable bonds is 9. The van der Waals surface area contributed by atoms with Crippen LogP contribution in [0.25, 0.3) is 0 Å². The van der Waals surface area contributed by atoms with Crippen LogP contribution in [0.4, 0.5) is 0 Å². The Hall–Kier alpha value is -0.129. The maximum atomic E-state index is 2.53. The fourth-order valence-electron chi connectivity index (χ4n) is 4.34. The van der Waals surface area contributed by atoms with E-state index in [1.54, 1.807) is 16.7 Å². The van der Waals surface area contributed by atoms with E-state index < -0.39 is 26.4 Å². The summed E-state index contributed by atoms with van der Waals surface area (Å²) >= 11 is 0. The van der Waals surface area contributed by atoms with Crippen LogP contribution in [0.3, 0.4) is 0 Å². The van der Waals surface area contributed by atoms with Gasteiger partial charge in [-0.15, -0.1) is 0 Å². The average molecular weight is 379 g/mol. The summed E-state index contributed by atoms with van der Waals surface area (Å²) in [7, 11) is -1.79. The smallest absolute Gasteiger partial charge is 0.0352 e. The highest BCUT2D eigenvalue weighted by Crippen LogP contribution is 2.33.